The first kappa shape index (κ1) is 31.7. The van der Waals surface area contributed by atoms with E-state index in [9.17, 15) is 14.4 Å². The van der Waals surface area contributed by atoms with E-state index in [2.05, 4.69) is 10.6 Å². The van der Waals surface area contributed by atoms with E-state index < -0.39 is 23.8 Å². The number of amides is 3. The number of nitrogens with zero attached hydrogens (tertiary/aromatic N) is 1. The Balaban J connectivity index is 2.05. The predicted molar refractivity (Wildman–Crippen MR) is 166 cm³/mol. The van der Waals surface area contributed by atoms with Gasteiger partial charge in [-0.2, -0.15) is 0 Å². The molecule has 3 rings (SSSR count). The van der Waals surface area contributed by atoms with Gasteiger partial charge in [-0.05, 0) is 75.4 Å². The fourth-order valence-electron chi connectivity index (χ4n) is 4.94. The number of alkyl carbamates (subject to hydrolysis) is 1. The van der Waals surface area contributed by atoms with Crippen molar-refractivity contribution in [1.82, 2.24) is 10.2 Å². The maximum Gasteiger partial charge on any atom is 0.408 e. The molecular formula is C34H45N3O4. The summed E-state index contributed by atoms with van der Waals surface area (Å²) in [7, 11) is 0. The Bertz CT molecular complexity index is 1360. The van der Waals surface area contributed by atoms with Gasteiger partial charge in [0.15, 0.2) is 0 Å². The molecular weight excluding hydrogens is 514 g/mol. The number of carbonyl (C=O) groups excluding carboxylic acids is 3. The normalized spacial score (nSPS) is 13.0. The number of ether oxygens (including phenoxy) is 1. The molecule has 0 bridgehead atoms. The first-order valence-corrected chi connectivity index (χ1v) is 14.5. The Morgan fingerprint density at radius 2 is 1.54 bits per heavy atom. The Kier molecular flexibility index (Phi) is 10.5. The number of unbranched alkanes of at least 4 members (excludes halogenated alkanes) is 1. The quantitative estimate of drug-likeness (QED) is 0.273. The molecule has 0 saturated carbocycles. The van der Waals surface area contributed by atoms with Crippen molar-refractivity contribution >= 4 is 34.4 Å². The van der Waals surface area contributed by atoms with E-state index >= 15 is 0 Å². The summed E-state index contributed by atoms with van der Waals surface area (Å²) >= 11 is 0. The van der Waals surface area contributed by atoms with Crippen LogP contribution in [0.3, 0.4) is 0 Å². The van der Waals surface area contributed by atoms with E-state index in [1.165, 1.54) is 0 Å². The molecule has 2 unspecified atom stereocenters. The van der Waals surface area contributed by atoms with Crippen LogP contribution in [0.1, 0.15) is 77.1 Å². The first-order valence-electron chi connectivity index (χ1n) is 14.5. The number of carbonyl (C=O) groups is 3. The SMILES string of the molecule is CCCCN(C(=O)C(NC(=O)OC(C)(C)C)C(C)C)C(C(=O)Nc1ccc2ccccc2c1)c1cc(C)cc(C)c1. The summed E-state index contributed by atoms with van der Waals surface area (Å²) in [6.45, 7) is 15.4. The van der Waals surface area contributed by atoms with Crippen molar-refractivity contribution in [3.63, 3.8) is 0 Å². The summed E-state index contributed by atoms with van der Waals surface area (Å²) in [5.74, 6) is -0.866. The molecule has 0 fully saturated rings. The first-order chi connectivity index (χ1) is 19.3. The monoisotopic (exact) mass is 559 g/mol. The van der Waals surface area contributed by atoms with Crippen molar-refractivity contribution < 1.29 is 19.1 Å². The van der Waals surface area contributed by atoms with E-state index in [4.69, 9.17) is 4.74 Å². The summed E-state index contributed by atoms with van der Waals surface area (Å²) in [6.07, 6.45) is 0.873. The van der Waals surface area contributed by atoms with Crippen LogP contribution in [-0.2, 0) is 14.3 Å². The number of benzene rings is 3. The molecule has 0 aliphatic heterocycles. The van der Waals surface area contributed by atoms with Crippen LogP contribution >= 0.6 is 0 Å². The third kappa shape index (κ3) is 8.81. The Labute approximate surface area is 244 Å². The molecule has 2 atom stereocenters. The summed E-state index contributed by atoms with van der Waals surface area (Å²) in [5.41, 5.74) is 2.67. The smallest absolute Gasteiger partial charge is 0.408 e. The molecule has 3 aromatic carbocycles. The maximum absolute atomic E-state index is 14.3. The molecule has 3 aromatic rings. The van der Waals surface area contributed by atoms with Gasteiger partial charge in [0.05, 0.1) is 0 Å². The minimum absolute atomic E-state index is 0.234. The van der Waals surface area contributed by atoms with Crippen molar-refractivity contribution in [1.29, 1.82) is 0 Å². The summed E-state index contributed by atoms with van der Waals surface area (Å²) in [4.78, 5) is 42.8. The standard InChI is InChI=1S/C34H45N3O4/c1-9-10-17-37(32(39)29(22(2)3)36-33(40)41-34(6,7)8)30(27-19-23(4)18-24(5)20-27)31(38)35-28-16-15-25-13-11-12-14-26(25)21-28/h11-16,18-22,29-30H,9-10,17H2,1-8H3,(H,35,38)(H,36,40). The number of fused-ring (bicyclic) bond motifs is 1. The molecule has 41 heavy (non-hydrogen) atoms. The van der Waals surface area contributed by atoms with E-state index in [1.807, 2.05) is 95.3 Å². The molecule has 220 valence electrons. The lowest BCUT2D eigenvalue weighted by atomic mass is 9.96. The van der Waals surface area contributed by atoms with Gasteiger partial charge in [-0.3, -0.25) is 9.59 Å². The topological polar surface area (TPSA) is 87.7 Å². The van der Waals surface area contributed by atoms with Gasteiger partial charge >= 0.3 is 6.09 Å². The molecule has 2 N–H and O–H groups in total. The number of hydrogen-bond acceptors (Lipinski definition) is 4. The van der Waals surface area contributed by atoms with E-state index in [0.717, 1.165) is 33.9 Å². The van der Waals surface area contributed by atoms with Crippen molar-refractivity contribution in [2.75, 3.05) is 11.9 Å². The van der Waals surface area contributed by atoms with E-state index in [1.54, 1.807) is 25.7 Å². The lowest BCUT2D eigenvalue weighted by molar-refractivity contribution is -0.141. The van der Waals surface area contributed by atoms with Crippen LogP contribution in [0.25, 0.3) is 10.8 Å². The van der Waals surface area contributed by atoms with Crippen LogP contribution in [0.15, 0.2) is 60.7 Å². The number of aryl methyl sites for hydroxylation is 2. The lowest BCUT2D eigenvalue weighted by Crippen LogP contribution is -2.54. The van der Waals surface area contributed by atoms with Crippen LogP contribution < -0.4 is 10.6 Å². The zero-order valence-corrected chi connectivity index (χ0v) is 25.7. The maximum atomic E-state index is 14.3. The number of rotatable bonds is 10. The third-order valence-electron chi connectivity index (χ3n) is 6.78. The second kappa shape index (κ2) is 13.7. The molecule has 3 amide bonds. The van der Waals surface area contributed by atoms with Crippen LogP contribution in [0.5, 0.6) is 0 Å². The van der Waals surface area contributed by atoms with Gasteiger partial charge in [0.1, 0.15) is 17.7 Å². The molecule has 0 heterocycles. The highest BCUT2D eigenvalue weighted by molar-refractivity contribution is 6.00. The highest BCUT2D eigenvalue weighted by atomic mass is 16.6. The van der Waals surface area contributed by atoms with Crippen LogP contribution in [0.2, 0.25) is 0 Å². The minimum Gasteiger partial charge on any atom is -0.444 e. The van der Waals surface area contributed by atoms with Gasteiger partial charge < -0.3 is 20.3 Å². The van der Waals surface area contributed by atoms with Gasteiger partial charge in [-0.25, -0.2) is 4.79 Å². The molecule has 7 nitrogen and oxygen atoms in total. The summed E-state index contributed by atoms with van der Waals surface area (Å²) in [5, 5.41) is 7.94. The van der Waals surface area contributed by atoms with Crippen molar-refractivity contribution in [2.24, 2.45) is 5.92 Å². The van der Waals surface area contributed by atoms with Gasteiger partial charge in [-0.1, -0.05) is 86.8 Å². The fraction of sp³-hybridized carbons (Fsp3) is 0.441. The summed E-state index contributed by atoms with van der Waals surface area (Å²) in [6, 6.07) is 17.9. The minimum atomic E-state index is -0.902. The lowest BCUT2D eigenvalue weighted by Gasteiger charge is -2.36. The van der Waals surface area contributed by atoms with Gasteiger partial charge in [0.2, 0.25) is 5.91 Å². The summed E-state index contributed by atoms with van der Waals surface area (Å²) < 4.78 is 5.47. The second-order valence-electron chi connectivity index (χ2n) is 12.1. The van der Waals surface area contributed by atoms with E-state index in [0.29, 0.717) is 18.7 Å². The second-order valence-corrected chi connectivity index (χ2v) is 12.1. The Hall–Kier alpha value is -3.87. The van der Waals surface area contributed by atoms with Crippen LogP contribution in [0.4, 0.5) is 10.5 Å². The predicted octanol–water partition coefficient (Wildman–Crippen LogP) is 7.31. The number of nitrogens with one attached hydrogen (secondary N) is 2. The van der Waals surface area contributed by atoms with Crippen molar-refractivity contribution in [3.05, 3.63) is 77.4 Å². The average Bonchev–Trinajstić information content (AvgIpc) is 2.87. The van der Waals surface area contributed by atoms with Gasteiger partial charge in [0.25, 0.3) is 5.91 Å². The Morgan fingerprint density at radius 1 is 0.902 bits per heavy atom. The zero-order chi connectivity index (χ0) is 30.3. The average molecular weight is 560 g/mol. The van der Waals surface area contributed by atoms with Gasteiger partial charge in [0, 0.05) is 12.2 Å². The third-order valence-corrected chi connectivity index (χ3v) is 6.78. The molecule has 7 heteroatoms. The number of hydrogen-bond donors (Lipinski definition) is 2. The highest BCUT2D eigenvalue weighted by Crippen LogP contribution is 2.28. The molecule has 0 saturated heterocycles. The molecule has 0 radical (unpaired) electrons. The van der Waals surface area contributed by atoms with Crippen LogP contribution in [-0.4, -0.2) is 41.0 Å². The number of anilines is 1. The van der Waals surface area contributed by atoms with Crippen molar-refractivity contribution in [2.45, 2.75) is 85.9 Å². The van der Waals surface area contributed by atoms with Gasteiger partial charge in [-0.15, -0.1) is 0 Å². The highest BCUT2D eigenvalue weighted by Gasteiger charge is 2.37. The van der Waals surface area contributed by atoms with E-state index in [-0.39, 0.29) is 17.7 Å². The van der Waals surface area contributed by atoms with Crippen molar-refractivity contribution in [3.8, 4) is 0 Å². The largest absolute Gasteiger partial charge is 0.444 e. The molecule has 0 aromatic heterocycles. The van der Waals surface area contributed by atoms with Crippen LogP contribution in [0, 0.1) is 19.8 Å². The zero-order valence-electron chi connectivity index (χ0n) is 25.7. The molecule has 0 aliphatic rings. The Morgan fingerprint density at radius 3 is 2.12 bits per heavy atom. The fourth-order valence-corrected chi connectivity index (χ4v) is 4.94. The molecule has 0 spiro atoms. The molecule has 0 aliphatic carbocycles.